The lowest BCUT2D eigenvalue weighted by molar-refractivity contribution is -0.132. The molecular weight excluding hydrogens is 380 g/mol. The maximum atomic E-state index is 12.9. The molecule has 1 unspecified atom stereocenters. The van der Waals surface area contributed by atoms with E-state index >= 15 is 0 Å². The first-order valence-corrected chi connectivity index (χ1v) is 9.49. The molecule has 0 aromatic carbocycles. The average molecular weight is 407 g/mol. The lowest BCUT2D eigenvalue weighted by Gasteiger charge is -2.30. The maximum absolute atomic E-state index is 12.9. The van der Waals surface area contributed by atoms with E-state index in [4.69, 9.17) is 4.74 Å². The largest absolute Gasteiger partial charge is 0.481 e. The molecule has 4 heterocycles. The highest BCUT2D eigenvalue weighted by atomic mass is 19.3. The van der Waals surface area contributed by atoms with Crippen LogP contribution in [0, 0.1) is 6.92 Å². The molecule has 2 aliphatic heterocycles. The maximum Gasteiger partial charge on any atom is 0.266 e. The van der Waals surface area contributed by atoms with Gasteiger partial charge in [-0.3, -0.25) is 9.78 Å². The molecular formula is C20H27F2N5O2. The van der Waals surface area contributed by atoms with Gasteiger partial charge in [-0.1, -0.05) is 19.9 Å². The van der Waals surface area contributed by atoms with Crippen molar-refractivity contribution in [3.63, 3.8) is 0 Å². The molecule has 2 aromatic heterocycles. The van der Waals surface area contributed by atoms with Crippen LogP contribution in [0.1, 0.15) is 30.7 Å². The van der Waals surface area contributed by atoms with Gasteiger partial charge in [-0.05, 0) is 24.1 Å². The third kappa shape index (κ3) is 5.10. The number of amides is 1. The minimum absolute atomic E-state index is 0.0147. The highest BCUT2D eigenvalue weighted by molar-refractivity contribution is 5.92. The van der Waals surface area contributed by atoms with Crippen LogP contribution >= 0.6 is 0 Å². The van der Waals surface area contributed by atoms with Crippen LogP contribution in [0.4, 0.5) is 20.3 Å². The second-order valence-corrected chi connectivity index (χ2v) is 6.15. The molecule has 0 saturated heterocycles. The number of halogens is 2. The SMILES string of the molecule is CC.COc1cc(C)c2c(n1)NC(C(=O)N1CCc3ncccc3C1)N2.FCF. The first kappa shape index (κ1) is 22.3. The average Bonchev–Trinajstić information content (AvgIpc) is 3.19. The van der Waals surface area contributed by atoms with Crippen LogP contribution in [0.2, 0.25) is 0 Å². The first-order valence-electron chi connectivity index (χ1n) is 9.49. The molecule has 0 saturated carbocycles. The van der Waals surface area contributed by atoms with Gasteiger partial charge in [-0.25, -0.2) is 8.78 Å². The minimum Gasteiger partial charge on any atom is -0.481 e. The van der Waals surface area contributed by atoms with Crippen LogP contribution in [0.5, 0.6) is 5.88 Å². The Balaban J connectivity index is 0.000000551. The molecule has 1 amide bonds. The summed E-state index contributed by atoms with van der Waals surface area (Å²) >= 11 is 0. The zero-order valence-electron chi connectivity index (χ0n) is 17.1. The molecule has 0 bridgehead atoms. The van der Waals surface area contributed by atoms with Gasteiger partial charge in [0.05, 0.1) is 12.8 Å². The molecule has 0 radical (unpaired) electrons. The lowest BCUT2D eigenvalue weighted by Crippen LogP contribution is -2.46. The molecule has 7 nitrogen and oxygen atoms in total. The van der Waals surface area contributed by atoms with Gasteiger partial charge in [0.2, 0.25) is 12.8 Å². The zero-order chi connectivity index (χ0) is 21.4. The zero-order valence-corrected chi connectivity index (χ0v) is 17.1. The Kier molecular flexibility index (Phi) is 8.11. The highest BCUT2D eigenvalue weighted by Gasteiger charge is 2.33. The number of methoxy groups -OCH3 is 1. The van der Waals surface area contributed by atoms with Crippen molar-refractivity contribution in [2.24, 2.45) is 0 Å². The van der Waals surface area contributed by atoms with E-state index in [2.05, 4.69) is 20.6 Å². The number of ether oxygens (including phenoxy) is 1. The number of alkyl halides is 2. The van der Waals surface area contributed by atoms with E-state index in [1.54, 1.807) is 13.3 Å². The Bertz CT molecular complexity index is 835. The highest BCUT2D eigenvalue weighted by Crippen LogP contribution is 2.33. The third-order valence-electron chi connectivity index (χ3n) is 4.49. The van der Waals surface area contributed by atoms with Gasteiger partial charge in [-0.15, -0.1) is 0 Å². The Hall–Kier alpha value is -2.97. The summed E-state index contributed by atoms with van der Waals surface area (Å²) in [5, 5.41) is 6.40. The molecule has 0 aliphatic carbocycles. The Morgan fingerprint density at radius 1 is 1.34 bits per heavy atom. The molecule has 9 heteroatoms. The Morgan fingerprint density at radius 2 is 2.07 bits per heavy atom. The van der Waals surface area contributed by atoms with Crippen molar-refractivity contribution >= 4 is 17.4 Å². The molecule has 0 spiro atoms. The molecule has 158 valence electrons. The smallest absolute Gasteiger partial charge is 0.266 e. The molecule has 4 rings (SSSR count). The van der Waals surface area contributed by atoms with E-state index in [0.29, 0.717) is 24.8 Å². The van der Waals surface area contributed by atoms with E-state index in [1.807, 2.05) is 43.9 Å². The van der Waals surface area contributed by atoms with E-state index in [0.717, 1.165) is 28.9 Å². The fraction of sp³-hybridized carbons (Fsp3) is 0.450. The number of nitrogens with one attached hydrogen (secondary N) is 2. The number of fused-ring (bicyclic) bond motifs is 2. The summed E-state index contributed by atoms with van der Waals surface area (Å²) in [6, 6.07) is 5.79. The van der Waals surface area contributed by atoms with Crippen molar-refractivity contribution in [3.8, 4) is 5.88 Å². The van der Waals surface area contributed by atoms with Gasteiger partial charge >= 0.3 is 0 Å². The molecule has 29 heavy (non-hydrogen) atoms. The van der Waals surface area contributed by atoms with Crippen LogP contribution in [0.15, 0.2) is 24.4 Å². The summed E-state index contributed by atoms with van der Waals surface area (Å²) in [6.45, 7) is 5.48. The Morgan fingerprint density at radius 3 is 2.76 bits per heavy atom. The predicted molar refractivity (Wildman–Crippen MR) is 108 cm³/mol. The second kappa shape index (κ2) is 10.5. The van der Waals surface area contributed by atoms with E-state index in [9.17, 15) is 13.6 Å². The summed E-state index contributed by atoms with van der Waals surface area (Å²) in [5.74, 6) is 1.21. The van der Waals surface area contributed by atoms with E-state index in [1.165, 1.54) is 0 Å². The number of carbonyl (C=O) groups is 1. The van der Waals surface area contributed by atoms with Crippen molar-refractivity contribution in [2.45, 2.75) is 39.9 Å². The van der Waals surface area contributed by atoms with Crippen molar-refractivity contribution in [3.05, 3.63) is 41.2 Å². The van der Waals surface area contributed by atoms with Crippen molar-refractivity contribution in [1.29, 1.82) is 0 Å². The number of carbonyl (C=O) groups excluding carboxylic acids is 1. The first-order chi connectivity index (χ1) is 14.1. The lowest BCUT2D eigenvalue weighted by atomic mass is 10.1. The predicted octanol–water partition coefficient (Wildman–Crippen LogP) is 3.45. The van der Waals surface area contributed by atoms with Gasteiger partial charge in [-0.2, -0.15) is 4.98 Å². The van der Waals surface area contributed by atoms with Gasteiger partial charge in [0.15, 0.2) is 12.0 Å². The van der Waals surface area contributed by atoms with Crippen molar-refractivity contribution in [2.75, 3.05) is 31.2 Å². The molecule has 2 N–H and O–H groups in total. The summed E-state index contributed by atoms with van der Waals surface area (Å²) in [7, 11) is 1.58. The van der Waals surface area contributed by atoms with Crippen LogP contribution in [-0.2, 0) is 17.8 Å². The van der Waals surface area contributed by atoms with E-state index in [-0.39, 0.29) is 5.91 Å². The number of hydrogen-bond acceptors (Lipinski definition) is 6. The van der Waals surface area contributed by atoms with Crippen molar-refractivity contribution in [1.82, 2.24) is 14.9 Å². The number of anilines is 2. The van der Waals surface area contributed by atoms with Crippen LogP contribution in [-0.4, -0.2) is 47.5 Å². The molecule has 1 atom stereocenters. The van der Waals surface area contributed by atoms with Crippen LogP contribution < -0.4 is 15.4 Å². The summed E-state index contributed by atoms with van der Waals surface area (Å²) in [4.78, 5) is 23.5. The number of aromatic nitrogens is 2. The van der Waals surface area contributed by atoms with Gasteiger partial charge in [0, 0.05) is 37.5 Å². The fourth-order valence-electron chi connectivity index (χ4n) is 3.21. The number of nitrogens with zero attached hydrogens (tertiary/aromatic N) is 3. The monoisotopic (exact) mass is 407 g/mol. The van der Waals surface area contributed by atoms with Crippen LogP contribution in [0.25, 0.3) is 0 Å². The minimum atomic E-state index is -1.75. The van der Waals surface area contributed by atoms with Crippen LogP contribution in [0.3, 0.4) is 0 Å². The van der Waals surface area contributed by atoms with E-state index < -0.39 is 13.1 Å². The molecule has 2 aromatic rings. The molecule has 2 aliphatic rings. The third-order valence-corrected chi connectivity index (χ3v) is 4.49. The van der Waals surface area contributed by atoms with Gasteiger partial charge in [0.25, 0.3) is 5.91 Å². The standard InChI is InChI=1S/C17H19N5O2.C2H6.CH2F2/c1-10-8-13(24-2)19-15-14(10)20-16(21-15)17(23)22-7-5-12-11(9-22)4-3-6-18-12;1-2;2-1-3/h3-4,6,8,16,20H,5,7,9H2,1-2H3,(H,19,21);1-2H3;1H2. The second-order valence-electron chi connectivity index (χ2n) is 6.15. The number of pyridine rings is 2. The fourth-order valence-corrected chi connectivity index (χ4v) is 3.21. The normalized spacial score (nSPS) is 15.9. The number of rotatable bonds is 2. The summed E-state index contributed by atoms with van der Waals surface area (Å²) < 4.78 is 24.4. The molecule has 0 fully saturated rings. The quantitative estimate of drug-likeness (QED) is 0.794. The number of aryl methyl sites for hydroxylation is 1. The van der Waals surface area contributed by atoms with Gasteiger partial charge < -0.3 is 20.3 Å². The summed E-state index contributed by atoms with van der Waals surface area (Å²) in [6.07, 6.45) is 2.08. The number of hydrogen-bond donors (Lipinski definition) is 2. The van der Waals surface area contributed by atoms with Gasteiger partial charge in [0.1, 0.15) is 0 Å². The summed E-state index contributed by atoms with van der Waals surface area (Å²) in [5.41, 5.74) is 4.05. The topological polar surface area (TPSA) is 79.4 Å². The Labute approximate surface area is 169 Å². The van der Waals surface area contributed by atoms with Crippen molar-refractivity contribution < 1.29 is 18.3 Å².